The summed E-state index contributed by atoms with van der Waals surface area (Å²) in [5.74, 6) is 2.84. The second kappa shape index (κ2) is 5.67. The molecule has 2 aliphatic carbocycles. The van der Waals surface area contributed by atoms with Gasteiger partial charge in [-0.15, -0.1) is 0 Å². The van der Waals surface area contributed by atoms with Gasteiger partial charge in [-0.1, -0.05) is 33.6 Å². The summed E-state index contributed by atoms with van der Waals surface area (Å²) in [6, 6.07) is 0. The molecule has 0 bridgehead atoms. The Hall–Kier alpha value is 0. The lowest BCUT2D eigenvalue weighted by molar-refractivity contribution is 0.491. The van der Waals surface area contributed by atoms with Gasteiger partial charge in [-0.3, -0.25) is 0 Å². The van der Waals surface area contributed by atoms with Crippen molar-refractivity contribution < 1.29 is 0 Å². The largest absolute Gasteiger partial charge is 0.0625 e. The fourth-order valence-corrected chi connectivity index (χ4v) is 2.04. The van der Waals surface area contributed by atoms with E-state index in [-0.39, 0.29) is 0 Å². The van der Waals surface area contributed by atoms with Gasteiger partial charge in [0.15, 0.2) is 0 Å². The van der Waals surface area contributed by atoms with Crippen molar-refractivity contribution in [2.45, 2.75) is 52.9 Å². The van der Waals surface area contributed by atoms with Crippen LogP contribution in [0.4, 0.5) is 0 Å². The van der Waals surface area contributed by atoms with Crippen molar-refractivity contribution in [1.82, 2.24) is 0 Å². The molecule has 76 valence electrons. The second-order valence-electron chi connectivity index (χ2n) is 4.86. The third kappa shape index (κ3) is 4.15. The van der Waals surface area contributed by atoms with E-state index in [1.54, 1.807) is 0 Å². The lowest BCUT2D eigenvalue weighted by Gasteiger charge is -2.04. The van der Waals surface area contributed by atoms with Crippen molar-refractivity contribution in [3.8, 4) is 0 Å². The number of rotatable bonds is 0. The first kappa shape index (κ1) is 11.1. The van der Waals surface area contributed by atoms with Crippen LogP contribution >= 0.6 is 0 Å². The van der Waals surface area contributed by atoms with Gasteiger partial charge in [0.2, 0.25) is 0 Å². The van der Waals surface area contributed by atoms with E-state index in [1.165, 1.54) is 32.1 Å². The summed E-state index contributed by atoms with van der Waals surface area (Å²) in [5.41, 5.74) is 0. The Labute approximate surface area is 84.1 Å². The molecule has 2 aliphatic rings. The summed E-state index contributed by atoms with van der Waals surface area (Å²) in [4.78, 5) is 0. The van der Waals surface area contributed by atoms with Crippen LogP contribution in [0.25, 0.3) is 0 Å². The maximum atomic E-state index is 2.42. The van der Waals surface area contributed by atoms with Crippen molar-refractivity contribution >= 4 is 0 Å². The minimum Gasteiger partial charge on any atom is -0.0625 e. The highest BCUT2D eigenvalue weighted by atomic mass is 14.2. The van der Waals surface area contributed by atoms with Crippen LogP contribution in [0.2, 0.25) is 0 Å². The zero-order chi connectivity index (χ0) is 9.68. The minimum atomic E-state index is 0.889. The number of hydrogen-bond acceptors (Lipinski definition) is 0. The predicted octanol–water partition coefficient (Wildman–Crippen LogP) is 4.27. The van der Waals surface area contributed by atoms with Crippen LogP contribution in [0, 0.1) is 30.6 Å². The van der Waals surface area contributed by atoms with Gasteiger partial charge < -0.3 is 0 Å². The minimum absolute atomic E-state index is 0.889. The lowest BCUT2D eigenvalue weighted by Crippen LogP contribution is -1.96. The van der Waals surface area contributed by atoms with E-state index >= 15 is 0 Å². The molecule has 3 unspecified atom stereocenters. The molecule has 0 nitrogen and oxygen atoms in total. The normalized spacial score (nSPS) is 34.4. The highest BCUT2D eigenvalue weighted by Gasteiger charge is 2.17. The van der Waals surface area contributed by atoms with E-state index in [1.807, 2.05) is 0 Å². The number of hydrogen-bond donors (Lipinski definition) is 0. The molecule has 2 rings (SSSR count). The molecule has 0 saturated heterocycles. The second-order valence-corrected chi connectivity index (χ2v) is 4.86. The highest BCUT2D eigenvalue weighted by Crippen LogP contribution is 2.28. The molecule has 0 amide bonds. The smallest absolute Gasteiger partial charge is 0.0355 e. The van der Waals surface area contributed by atoms with E-state index in [0.29, 0.717) is 0 Å². The Morgan fingerprint density at radius 1 is 1.00 bits per heavy atom. The summed E-state index contributed by atoms with van der Waals surface area (Å²) in [6.45, 7) is 6.94. The molecular formula is C13H24. The third-order valence-corrected chi connectivity index (χ3v) is 3.49. The van der Waals surface area contributed by atoms with E-state index in [0.717, 1.165) is 17.8 Å². The monoisotopic (exact) mass is 180 g/mol. The van der Waals surface area contributed by atoms with Gasteiger partial charge in [0.25, 0.3) is 0 Å². The quantitative estimate of drug-likeness (QED) is 0.522. The molecule has 0 heterocycles. The van der Waals surface area contributed by atoms with Gasteiger partial charge in [0, 0.05) is 0 Å². The highest BCUT2D eigenvalue weighted by molar-refractivity contribution is 4.84. The SMILES string of the molecule is CC1C[CH]CC1.CC1[CH]CCC1C. The average molecular weight is 180 g/mol. The molecule has 0 aliphatic heterocycles. The first-order valence-corrected chi connectivity index (χ1v) is 5.85. The van der Waals surface area contributed by atoms with Crippen molar-refractivity contribution in [2.75, 3.05) is 0 Å². The first-order valence-electron chi connectivity index (χ1n) is 5.85. The lowest BCUT2D eigenvalue weighted by atomic mass is 10.0. The van der Waals surface area contributed by atoms with Crippen LogP contribution in [0.15, 0.2) is 0 Å². The molecule has 2 saturated carbocycles. The topological polar surface area (TPSA) is 0 Å². The molecular weight excluding hydrogens is 156 g/mol. The molecule has 0 heteroatoms. The zero-order valence-electron chi connectivity index (χ0n) is 9.42. The molecule has 0 N–H and O–H groups in total. The molecule has 0 aromatic rings. The van der Waals surface area contributed by atoms with Crippen molar-refractivity contribution in [3.63, 3.8) is 0 Å². The van der Waals surface area contributed by atoms with Crippen molar-refractivity contribution in [1.29, 1.82) is 0 Å². The van der Waals surface area contributed by atoms with Crippen molar-refractivity contribution in [3.05, 3.63) is 12.8 Å². The molecule has 3 atom stereocenters. The standard InChI is InChI=1S/C7H13.C6H11/c1-6-4-3-5-7(6)2;1-6-4-2-3-5-6/h4,6-7H,3,5H2,1-2H3;2,6H,3-5H2,1H3. The van der Waals surface area contributed by atoms with E-state index < -0.39 is 0 Å². The summed E-state index contributed by atoms with van der Waals surface area (Å²) in [7, 11) is 0. The molecule has 2 fully saturated rings. The third-order valence-electron chi connectivity index (χ3n) is 3.49. The van der Waals surface area contributed by atoms with Gasteiger partial charge in [0.1, 0.15) is 0 Å². The van der Waals surface area contributed by atoms with Crippen LogP contribution in [-0.2, 0) is 0 Å². The van der Waals surface area contributed by atoms with Gasteiger partial charge >= 0.3 is 0 Å². The van der Waals surface area contributed by atoms with Crippen LogP contribution in [0.3, 0.4) is 0 Å². The zero-order valence-corrected chi connectivity index (χ0v) is 9.42. The summed E-state index contributed by atoms with van der Waals surface area (Å²) in [5, 5.41) is 0. The summed E-state index contributed by atoms with van der Waals surface area (Å²) < 4.78 is 0. The molecule has 13 heavy (non-hydrogen) atoms. The van der Waals surface area contributed by atoms with Crippen LogP contribution < -0.4 is 0 Å². The van der Waals surface area contributed by atoms with Gasteiger partial charge in [-0.05, 0) is 49.9 Å². The molecule has 0 spiro atoms. The van der Waals surface area contributed by atoms with Crippen LogP contribution in [0.1, 0.15) is 52.9 Å². The maximum absolute atomic E-state index is 2.42. The Morgan fingerprint density at radius 3 is 1.92 bits per heavy atom. The van der Waals surface area contributed by atoms with E-state index in [2.05, 4.69) is 33.6 Å². The Balaban J connectivity index is 0.000000132. The van der Waals surface area contributed by atoms with E-state index in [9.17, 15) is 0 Å². The first-order chi connectivity index (χ1) is 6.20. The van der Waals surface area contributed by atoms with Crippen LogP contribution in [0.5, 0.6) is 0 Å². The van der Waals surface area contributed by atoms with Crippen LogP contribution in [-0.4, -0.2) is 0 Å². The Morgan fingerprint density at radius 2 is 1.77 bits per heavy atom. The predicted molar refractivity (Wildman–Crippen MR) is 59.2 cm³/mol. The summed E-state index contributed by atoms with van der Waals surface area (Å²) in [6.07, 6.45) is 11.7. The maximum Gasteiger partial charge on any atom is -0.0355 e. The Bertz CT molecular complexity index is 114. The fourth-order valence-electron chi connectivity index (χ4n) is 2.04. The Kier molecular flexibility index (Phi) is 4.83. The molecule has 0 aromatic carbocycles. The van der Waals surface area contributed by atoms with Crippen molar-refractivity contribution in [2.24, 2.45) is 17.8 Å². The average Bonchev–Trinajstić information content (AvgIpc) is 2.67. The van der Waals surface area contributed by atoms with E-state index in [4.69, 9.17) is 0 Å². The van der Waals surface area contributed by atoms with Gasteiger partial charge in [-0.25, -0.2) is 0 Å². The fraction of sp³-hybridized carbons (Fsp3) is 0.846. The van der Waals surface area contributed by atoms with Gasteiger partial charge in [-0.2, -0.15) is 0 Å². The molecule has 2 radical (unpaired) electrons. The molecule has 0 aromatic heterocycles. The summed E-state index contributed by atoms with van der Waals surface area (Å²) >= 11 is 0. The van der Waals surface area contributed by atoms with Gasteiger partial charge in [0.05, 0.1) is 0 Å².